The zero-order valence-electron chi connectivity index (χ0n) is 11.0. The zero-order chi connectivity index (χ0) is 10.2. The monoisotopic (exact) mass is 240 g/mol. The third-order valence-electron chi connectivity index (χ3n) is 2.79. The van der Waals surface area contributed by atoms with Crippen molar-refractivity contribution in [1.82, 2.24) is 0 Å². The second-order valence-electron chi connectivity index (χ2n) is 4.24. The molecule has 2 N–H and O–H groups in total. The molecule has 0 fully saturated rings. The van der Waals surface area contributed by atoms with Gasteiger partial charge < -0.3 is 9.96 Å². The van der Waals surface area contributed by atoms with E-state index in [1.165, 1.54) is 56.3 Å². The van der Waals surface area contributed by atoms with Gasteiger partial charge >= 0.3 is 0 Å². The Morgan fingerprint density at radius 1 is 0.600 bits per heavy atom. The van der Waals surface area contributed by atoms with Crippen molar-refractivity contribution in [3.05, 3.63) is 0 Å². The predicted octanol–water partition coefficient (Wildman–Crippen LogP) is 3.04. The number of quaternary nitrogens is 1. The first-order valence-electron chi connectivity index (χ1n) is 6.09. The summed E-state index contributed by atoms with van der Waals surface area (Å²) in [4.78, 5) is 0. The Hall–Kier alpha value is 0.210. The first-order valence-corrected chi connectivity index (χ1v) is 6.09. The van der Waals surface area contributed by atoms with Crippen molar-refractivity contribution in [2.24, 2.45) is 0 Å². The van der Waals surface area contributed by atoms with Gasteiger partial charge in [0.05, 0.1) is 26.2 Å². The average molecular weight is 241 g/mol. The Morgan fingerprint density at radius 2 is 0.800 bits per heavy atom. The van der Waals surface area contributed by atoms with Gasteiger partial charge in [-0.15, -0.1) is 12.4 Å². The van der Waals surface area contributed by atoms with Gasteiger partial charge in [-0.3, -0.25) is 0 Å². The van der Waals surface area contributed by atoms with Crippen LogP contribution in [-0.4, -0.2) is 36.1 Å². The Morgan fingerprint density at radius 3 is 0.933 bits per heavy atom. The van der Waals surface area contributed by atoms with Gasteiger partial charge in [0.15, 0.2) is 0 Å². The third kappa shape index (κ3) is 8.06. The van der Waals surface area contributed by atoms with Crippen molar-refractivity contribution in [1.29, 1.82) is 0 Å². The van der Waals surface area contributed by atoms with Crippen molar-refractivity contribution in [2.45, 2.75) is 53.4 Å². The Bertz CT molecular complexity index is 90.7. The quantitative estimate of drug-likeness (QED) is 0.585. The Kier molecular flexibility index (Phi) is 16.9. The van der Waals surface area contributed by atoms with Gasteiger partial charge in [0.1, 0.15) is 0 Å². The molecule has 0 saturated carbocycles. The lowest BCUT2D eigenvalue weighted by Crippen LogP contribution is -2.50. The van der Waals surface area contributed by atoms with E-state index in [9.17, 15) is 0 Å². The minimum Gasteiger partial charge on any atom is -0.412 e. The van der Waals surface area contributed by atoms with Crippen molar-refractivity contribution in [3.63, 3.8) is 0 Å². The Labute approximate surface area is 102 Å². The smallest absolute Gasteiger partial charge is 0.0783 e. The molecule has 0 aromatic heterocycles. The van der Waals surface area contributed by atoms with E-state index in [1.54, 1.807) is 0 Å². The normalized spacial score (nSPS) is 10.4. The van der Waals surface area contributed by atoms with E-state index >= 15 is 0 Å². The second-order valence-corrected chi connectivity index (χ2v) is 4.24. The molecule has 0 unspecified atom stereocenters. The van der Waals surface area contributed by atoms with Crippen LogP contribution in [0.25, 0.3) is 0 Å². The first kappa shape index (κ1) is 20.6. The molecule has 0 aliphatic carbocycles. The van der Waals surface area contributed by atoms with Crippen molar-refractivity contribution < 1.29 is 9.96 Å². The summed E-state index contributed by atoms with van der Waals surface area (Å²) < 4.78 is 1.38. The number of halogens is 1. The molecular weight excluding hydrogens is 210 g/mol. The summed E-state index contributed by atoms with van der Waals surface area (Å²) in [5, 5.41) is 0. The molecule has 96 valence electrons. The fourth-order valence-electron chi connectivity index (χ4n) is 2.57. The molecule has 0 aromatic carbocycles. The van der Waals surface area contributed by atoms with Crippen LogP contribution in [0.2, 0.25) is 0 Å². The van der Waals surface area contributed by atoms with Gasteiger partial charge in [-0.2, -0.15) is 0 Å². The molecule has 15 heavy (non-hydrogen) atoms. The van der Waals surface area contributed by atoms with Crippen LogP contribution in [-0.2, 0) is 0 Å². The fourth-order valence-corrected chi connectivity index (χ4v) is 2.57. The Balaban J connectivity index is -0.000000720. The van der Waals surface area contributed by atoms with Gasteiger partial charge in [0.2, 0.25) is 0 Å². The lowest BCUT2D eigenvalue weighted by Gasteiger charge is -2.38. The van der Waals surface area contributed by atoms with E-state index in [2.05, 4.69) is 27.7 Å². The van der Waals surface area contributed by atoms with Gasteiger partial charge in [-0.1, -0.05) is 27.7 Å². The van der Waals surface area contributed by atoms with E-state index in [-0.39, 0.29) is 17.9 Å². The SMILES string of the molecule is CCC[N+](CCC)(CCC)CCC.Cl.O. The van der Waals surface area contributed by atoms with Crippen LogP contribution in [0, 0.1) is 0 Å². The molecule has 0 heterocycles. The molecule has 0 atom stereocenters. The molecule has 0 aromatic rings. The van der Waals surface area contributed by atoms with Crippen molar-refractivity contribution in [2.75, 3.05) is 26.2 Å². The molecule has 0 amide bonds. The van der Waals surface area contributed by atoms with Gasteiger partial charge in [-0.05, 0) is 25.7 Å². The maximum absolute atomic E-state index is 2.31. The summed E-state index contributed by atoms with van der Waals surface area (Å²) in [6.07, 6.45) is 5.33. The van der Waals surface area contributed by atoms with Crippen molar-refractivity contribution >= 4 is 12.4 Å². The van der Waals surface area contributed by atoms with Crippen LogP contribution < -0.4 is 0 Å². The van der Waals surface area contributed by atoms with E-state index in [4.69, 9.17) is 0 Å². The van der Waals surface area contributed by atoms with Crippen LogP contribution >= 0.6 is 12.4 Å². The van der Waals surface area contributed by atoms with Gasteiger partial charge in [0.25, 0.3) is 0 Å². The summed E-state index contributed by atoms with van der Waals surface area (Å²) >= 11 is 0. The summed E-state index contributed by atoms with van der Waals surface area (Å²) in [5.74, 6) is 0. The van der Waals surface area contributed by atoms with Crippen molar-refractivity contribution in [3.8, 4) is 0 Å². The highest BCUT2D eigenvalue weighted by molar-refractivity contribution is 5.85. The number of hydrogen-bond acceptors (Lipinski definition) is 0. The van der Waals surface area contributed by atoms with E-state index in [0.717, 1.165) is 0 Å². The lowest BCUT2D eigenvalue weighted by atomic mass is 10.2. The predicted molar refractivity (Wildman–Crippen MR) is 71.8 cm³/mol. The summed E-state index contributed by atoms with van der Waals surface area (Å²) in [7, 11) is 0. The summed E-state index contributed by atoms with van der Waals surface area (Å²) in [5.41, 5.74) is 0. The molecule has 0 rings (SSSR count). The van der Waals surface area contributed by atoms with Gasteiger partial charge in [-0.25, -0.2) is 0 Å². The first-order chi connectivity index (χ1) is 6.24. The molecule has 0 radical (unpaired) electrons. The largest absolute Gasteiger partial charge is 0.412 e. The summed E-state index contributed by atoms with van der Waals surface area (Å²) in [6.45, 7) is 14.8. The molecule has 2 nitrogen and oxygen atoms in total. The van der Waals surface area contributed by atoms with E-state index in [1.807, 2.05) is 0 Å². The van der Waals surface area contributed by atoms with Gasteiger partial charge in [0, 0.05) is 0 Å². The second kappa shape index (κ2) is 12.3. The molecule has 0 spiro atoms. The van der Waals surface area contributed by atoms with Crippen LogP contribution in [0.4, 0.5) is 0 Å². The number of hydrogen-bond donors (Lipinski definition) is 0. The maximum atomic E-state index is 2.31. The standard InChI is InChI=1S/C12H28N.ClH.H2O/c1-5-9-13(10-6-2,11-7-3)12-8-4;;/h5-12H2,1-4H3;1H;1H2/q+1;;. The lowest BCUT2D eigenvalue weighted by molar-refractivity contribution is -0.928. The average Bonchev–Trinajstić information content (AvgIpc) is 2.06. The highest BCUT2D eigenvalue weighted by Gasteiger charge is 2.22. The van der Waals surface area contributed by atoms with Crippen LogP contribution in [0.3, 0.4) is 0 Å². The molecule has 0 aliphatic rings. The number of rotatable bonds is 8. The van der Waals surface area contributed by atoms with Crippen LogP contribution in [0.1, 0.15) is 53.4 Å². The highest BCUT2D eigenvalue weighted by Crippen LogP contribution is 2.12. The molecule has 0 saturated heterocycles. The zero-order valence-corrected chi connectivity index (χ0v) is 11.8. The molecule has 0 aliphatic heterocycles. The maximum Gasteiger partial charge on any atom is 0.0783 e. The number of nitrogens with zero attached hydrogens (tertiary/aromatic N) is 1. The highest BCUT2D eigenvalue weighted by atomic mass is 35.5. The molecule has 3 heteroatoms. The topological polar surface area (TPSA) is 31.5 Å². The molecule has 0 bridgehead atoms. The third-order valence-corrected chi connectivity index (χ3v) is 2.79. The van der Waals surface area contributed by atoms with E-state index < -0.39 is 0 Å². The fraction of sp³-hybridized carbons (Fsp3) is 1.00. The minimum absolute atomic E-state index is 0. The molecular formula is C12H31ClNO+. The van der Waals surface area contributed by atoms with Crippen LogP contribution in [0.15, 0.2) is 0 Å². The van der Waals surface area contributed by atoms with E-state index in [0.29, 0.717) is 0 Å². The van der Waals surface area contributed by atoms with Crippen LogP contribution in [0.5, 0.6) is 0 Å². The minimum atomic E-state index is 0. The summed E-state index contributed by atoms with van der Waals surface area (Å²) in [6, 6.07) is 0.